The van der Waals surface area contributed by atoms with Crippen LogP contribution in [0, 0.1) is 11.8 Å². The summed E-state index contributed by atoms with van der Waals surface area (Å²) < 4.78 is 18.4. The van der Waals surface area contributed by atoms with Crippen LogP contribution < -0.4 is 0 Å². The van der Waals surface area contributed by atoms with Gasteiger partial charge in [0.05, 0.1) is 27.8 Å². The molecule has 0 saturated carbocycles. The average molecular weight is 864 g/mol. The highest BCUT2D eigenvalue weighted by Gasteiger charge is 2.34. The van der Waals surface area contributed by atoms with Crippen LogP contribution in [0.4, 0.5) is 0 Å². The van der Waals surface area contributed by atoms with Gasteiger partial charge >= 0.3 is 0 Å². The quantitative estimate of drug-likeness (QED) is 0.173. The first-order valence-corrected chi connectivity index (χ1v) is 23.7. The SMILES string of the molecule is CC[C@H]1/C(c2cccc3oc4ccccc4c23)=C/CC(C)C(c2cc(-n3c4ccccc4c4cc5ccccc5cc43)cc3oc4ccccc4c23)=NC1n1c2ccccc2c2ccccc21. The molecule has 13 aromatic rings. The minimum absolute atomic E-state index is 0.00589. The van der Waals surface area contributed by atoms with E-state index in [0.717, 1.165) is 79.3 Å². The fourth-order valence-electron chi connectivity index (χ4n) is 11.8. The molecule has 0 aliphatic carbocycles. The monoisotopic (exact) mass is 863 g/mol. The van der Waals surface area contributed by atoms with Crippen LogP contribution in [0.15, 0.2) is 208 Å². The number of benzene rings is 9. The van der Waals surface area contributed by atoms with Crippen LogP contribution in [0.3, 0.4) is 0 Å². The van der Waals surface area contributed by atoms with E-state index < -0.39 is 0 Å². The molecule has 0 saturated heterocycles. The van der Waals surface area contributed by atoms with Crippen molar-refractivity contribution < 1.29 is 8.83 Å². The predicted octanol–water partition coefficient (Wildman–Crippen LogP) is 17.0. The lowest BCUT2D eigenvalue weighted by atomic mass is 9.81. The summed E-state index contributed by atoms with van der Waals surface area (Å²) in [4.78, 5) is 6.28. The lowest BCUT2D eigenvalue weighted by Gasteiger charge is -2.33. The maximum atomic E-state index is 6.91. The van der Waals surface area contributed by atoms with Crippen molar-refractivity contribution in [3.8, 4) is 5.69 Å². The van der Waals surface area contributed by atoms with Crippen molar-refractivity contribution in [1.82, 2.24) is 9.13 Å². The van der Waals surface area contributed by atoms with Gasteiger partial charge in [0.2, 0.25) is 0 Å². The molecule has 320 valence electrons. The van der Waals surface area contributed by atoms with Crippen LogP contribution in [0.5, 0.6) is 0 Å². The highest BCUT2D eigenvalue weighted by atomic mass is 16.3. The zero-order chi connectivity index (χ0) is 44.3. The molecule has 4 aromatic heterocycles. The zero-order valence-corrected chi connectivity index (χ0v) is 37.3. The molecule has 5 nitrogen and oxygen atoms in total. The Kier molecular flexibility index (Phi) is 8.36. The van der Waals surface area contributed by atoms with Crippen molar-refractivity contribution in [3.05, 3.63) is 205 Å². The van der Waals surface area contributed by atoms with Crippen molar-refractivity contribution in [1.29, 1.82) is 0 Å². The molecule has 2 unspecified atom stereocenters. The molecule has 14 rings (SSSR count). The summed E-state index contributed by atoms with van der Waals surface area (Å²) in [6, 6.07) is 68.1. The molecule has 1 aliphatic rings. The Bertz CT molecular complexity index is 4170. The molecular weight excluding hydrogens is 819 g/mol. The van der Waals surface area contributed by atoms with Crippen molar-refractivity contribution >= 4 is 110 Å². The van der Waals surface area contributed by atoms with E-state index in [4.69, 9.17) is 13.8 Å². The van der Waals surface area contributed by atoms with Gasteiger partial charge in [0.15, 0.2) is 0 Å². The van der Waals surface area contributed by atoms with E-state index in [9.17, 15) is 0 Å². The van der Waals surface area contributed by atoms with Gasteiger partial charge in [-0.1, -0.05) is 147 Å². The Morgan fingerprint density at radius 3 is 1.73 bits per heavy atom. The number of para-hydroxylation sites is 5. The van der Waals surface area contributed by atoms with E-state index in [1.807, 2.05) is 0 Å². The number of furan rings is 2. The molecule has 3 atom stereocenters. The summed E-state index contributed by atoms with van der Waals surface area (Å²) in [5, 5.41) is 11.9. The standard InChI is InChI=1S/C62H45N3O2/c1-3-41-42(46-24-16-30-57-59(46)47-22-9-14-28-55(47)66-57)32-31-37(2)61(63-62(41)65-52-26-12-6-19-43(52)44-20-7-13-27-53(44)65)50-35-40(36-58-60(50)48-23-10-15-29-56(48)67-58)64-51-25-11-8-21-45(51)49-33-38-17-4-5-18-39(38)34-54(49)64/h4-30,32-37,41,62H,3,31H2,1-2H3/b42-32-,63-61?/t37?,41-,62?/m0/s1. The van der Waals surface area contributed by atoms with Crippen LogP contribution in [-0.2, 0) is 0 Å². The number of aliphatic imine (C=N–C) groups is 1. The first-order valence-electron chi connectivity index (χ1n) is 23.7. The van der Waals surface area contributed by atoms with Gasteiger partial charge in [0.1, 0.15) is 28.5 Å². The molecule has 0 amide bonds. The number of hydrogen-bond acceptors (Lipinski definition) is 3. The van der Waals surface area contributed by atoms with E-state index in [-0.39, 0.29) is 18.0 Å². The van der Waals surface area contributed by atoms with E-state index in [0.29, 0.717) is 0 Å². The number of aromatic nitrogens is 2. The first-order chi connectivity index (χ1) is 33.1. The molecule has 0 radical (unpaired) electrons. The Hall–Kier alpha value is -8.15. The largest absolute Gasteiger partial charge is 0.456 e. The number of hydrogen-bond donors (Lipinski definition) is 0. The molecule has 0 spiro atoms. The van der Waals surface area contributed by atoms with Crippen LogP contribution in [0.25, 0.3) is 110 Å². The Balaban J connectivity index is 1.08. The Labute approximate surface area is 386 Å². The minimum Gasteiger partial charge on any atom is -0.456 e. The van der Waals surface area contributed by atoms with Crippen molar-refractivity contribution in [2.24, 2.45) is 16.8 Å². The lowest BCUT2D eigenvalue weighted by Crippen LogP contribution is -2.25. The molecule has 0 N–H and O–H groups in total. The average Bonchev–Trinajstić information content (AvgIpc) is 4.12. The molecule has 5 heteroatoms. The van der Waals surface area contributed by atoms with Crippen molar-refractivity contribution in [2.75, 3.05) is 0 Å². The summed E-state index contributed by atoms with van der Waals surface area (Å²) in [7, 11) is 0. The molecule has 9 aromatic carbocycles. The van der Waals surface area contributed by atoms with Gasteiger partial charge in [-0.25, -0.2) is 0 Å². The molecule has 5 heterocycles. The molecule has 67 heavy (non-hydrogen) atoms. The third kappa shape index (κ3) is 5.64. The van der Waals surface area contributed by atoms with Crippen molar-refractivity contribution in [3.63, 3.8) is 0 Å². The number of nitrogens with zero attached hydrogens (tertiary/aromatic N) is 3. The maximum absolute atomic E-state index is 6.91. The van der Waals surface area contributed by atoms with Gasteiger partial charge in [0.25, 0.3) is 0 Å². The van der Waals surface area contributed by atoms with Gasteiger partial charge in [-0.2, -0.15) is 0 Å². The van der Waals surface area contributed by atoms with Crippen molar-refractivity contribution in [2.45, 2.75) is 32.9 Å². The zero-order valence-electron chi connectivity index (χ0n) is 37.3. The smallest absolute Gasteiger partial charge is 0.138 e. The molecule has 0 fully saturated rings. The second-order valence-electron chi connectivity index (χ2n) is 18.5. The van der Waals surface area contributed by atoms with E-state index in [1.54, 1.807) is 0 Å². The highest BCUT2D eigenvalue weighted by molar-refractivity contribution is 6.21. The number of rotatable bonds is 5. The summed E-state index contributed by atoms with van der Waals surface area (Å²) in [6.07, 6.45) is 3.91. The molecular formula is C62H45N3O2. The second kappa shape index (κ2) is 14.7. The Morgan fingerprint density at radius 2 is 1.04 bits per heavy atom. The summed E-state index contributed by atoms with van der Waals surface area (Å²) >= 11 is 0. The molecule has 1 aliphatic heterocycles. The predicted molar refractivity (Wildman–Crippen MR) is 280 cm³/mol. The Morgan fingerprint density at radius 1 is 0.493 bits per heavy atom. The van der Waals surface area contributed by atoms with Crippen LogP contribution in [0.1, 0.15) is 44.0 Å². The van der Waals surface area contributed by atoms with E-state index in [1.165, 1.54) is 59.9 Å². The van der Waals surface area contributed by atoms with Gasteiger partial charge in [-0.05, 0) is 89.3 Å². The van der Waals surface area contributed by atoms with Gasteiger partial charge in [0, 0.05) is 72.3 Å². The fourth-order valence-corrected chi connectivity index (χ4v) is 11.8. The topological polar surface area (TPSA) is 48.5 Å². The summed E-state index contributed by atoms with van der Waals surface area (Å²) in [6.45, 7) is 4.70. The van der Waals surface area contributed by atoms with Crippen LogP contribution >= 0.6 is 0 Å². The van der Waals surface area contributed by atoms with E-state index >= 15 is 0 Å². The van der Waals surface area contributed by atoms with E-state index in [2.05, 4.69) is 217 Å². The minimum atomic E-state index is -0.302. The maximum Gasteiger partial charge on any atom is 0.138 e. The van der Waals surface area contributed by atoms with Gasteiger partial charge < -0.3 is 18.0 Å². The first kappa shape index (κ1) is 38.2. The highest BCUT2D eigenvalue weighted by Crippen LogP contribution is 2.47. The lowest BCUT2D eigenvalue weighted by molar-refractivity contribution is 0.415. The van der Waals surface area contributed by atoms with Crippen LogP contribution in [0.2, 0.25) is 0 Å². The fraction of sp³-hybridized carbons (Fsp3) is 0.113. The van der Waals surface area contributed by atoms with Gasteiger partial charge in [-0.15, -0.1) is 0 Å². The third-order valence-electron chi connectivity index (χ3n) is 14.8. The third-order valence-corrected chi connectivity index (χ3v) is 14.8. The normalized spacial score (nSPS) is 17.9. The van der Waals surface area contributed by atoms with Gasteiger partial charge in [-0.3, -0.25) is 4.99 Å². The summed E-state index contributed by atoms with van der Waals surface area (Å²) in [5.74, 6) is 0.0456. The molecule has 0 bridgehead atoms. The van der Waals surface area contributed by atoms with Crippen LogP contribution in [-0.4, -0.2) is 14.8 Å². The number of fused-ring (bicyclic) bond motifs is 13. The second-order valence-corrected chi connectivity index (χ2v) is 18.5. The number of allylic oxidation sites excluding steroid dienone is 1. The summed E-state index contributed by atoms with van der Waals surface area (Å²) in [5.41, 5.74) is 14.0.